The van der Waals surface area contributed by atoms with E-state index in [0.717, 1.165) is 5.56 Å². The predicted octanol–water partition coefficient (Wildman–Crippen LogP) is 1.38. The molecule has 0 bridgehead atoms. The van der Waals surface area contributed by atoms with Crippen LogP contribution in [-0.4, -0.2) is 11.6 Å². The Hall–Kier alpha value is -1.84. The average molecular weight is 159 g/mol. The van der Waals surface area contributed by atoms with Crippen LogP contribution in [0.3, 0.4) is 0 Å². The highest BCUT2D eigenvalue weighted by atomic mass is 16.2. The Bertz CT molecular complexity index is 367. The molecule has 0 spiro atoms. The van der Waals surface area contributed by atoms with Crippen molar-refractivity contribution in [2.24, 2.45) is 15.4 Å². The molecule has 1 heterocycles. The molecule has 0 aromatic heterocycles. The van der Waals surface area contributed by atoms with Gasteiger partial charge in [-0.1, -0.05) is 35.4 Å². The normalized spacial score (nSPS) is 15.0. The van der Waals surface area contributed by atoms with Crippen molar-refractivity contribution in [1.82, 2.24) is 0 Å². The third kappa shape index (κ3) is 1.03. The molecule has 1 aliphatic heterocycles. The topological polar surface area (TPSA) is 54.1 Å². The summed E-state index contributed by atoms with van der Waals surface area (Å²) in [4.78, 5) is 11.0. The molecule has 58 valence electrons. The number of hydrogen-bond acceptors (Lipinski definition) is 3. The Morgan fingerprint density at radius 2 is 1.83 bits per heavy atom. The van der Waals surface area contributed by atoms with Gasteiger partial charge in [-0.15, -0.1) is 5.10 Å². The van der Waals surface area contributed by atoms with E-state index in [0.29, 0.717) is 5.71 Å². The van der Waals surface area contributed by atoms with E-state index in [9.17, 15) is 4.79 Å². The van der Waals surface area contributed by atoms with Crippen LogP contribution < -0.4 is 0 Å². The smallest absolute Gasteiger partial charge is 0.263 e. The van der Waals surface area contributed by atoms with Crippen LogP contribution in [0.15, 0.2) is 45.8 Å². The molecule has 1 aromatic carbocycles. The fourth-order valence-electron chi connectivity index (χ4n) is 0.975. The van der Waals surface area contributed by atoms with E-state index in [-0.39, 0.29) is 5.91 Å². The van der Waals surface area contributed by atoms with Gasteiger partial charge in [-0.3, -0.25) is 4.79 Å². The zero-order valence-electron chi connectivity index (χ0n) is 6.14. The van der Waals surface area contributed by atoms with Gasteiger partial charge >= 0.3 is 5.91 Å². The molecule has 0 atom stereocenters. The molecule has 0 aliphatic carbocycles. The van der Waals surface area contributed by atoms with E-state index >= 15 is 0 Å². The SMILES string of the molecule is O=C1N=NN=C1c1ccccc1. The summed E-state index contributed by atoms with van der Waals surface area (Å²) in [6.45, 7) is 0. The Morgan fingerprint density at radius 3 is 2.42 bits per heavy atom. The minimum absolute atomic E-state index is 0.315. The van der Waals surface area contributed by atoms with Crippen molar-refractivity contribution in [2.45, 2.75) is 0 Å². The highest BCUT2D eigenvalue weighted by molar-refractivity contribution is 6.46. The van der Waals surface area contributed by atoms with Crippen molar-refractivity contribution in [2.75, 3.05) is 0 Å². The molecule has 4 nitrogen and oxygen atoms in total. The van der Waals surface area contributed by atoms with Gasteiger partial charge in [0.1, 0.15) is 0 Å². The van der Waals surface area contributed by atoms with Gasteiger partial charge in [0, 0.05) is 5.56 Å². The maximum absolute atomic E-state index is 11.0. The third-order valence-electron chi connectivity index (χ3n) is 1.53. The molecule has 2 rings (SSSR count). The number of amides is 1. The zero-order chi connectivity index (χ0) is 8.39. The minimum Gasteiger partial charge on any atom is -0.263 e. The van der Waals surface area contributed by atoms with E-state index in [1.54, 1.807) is 12.1 Å². The summed E-state index contributed by atoms with van der Waals surface area (Å²) < 4.78 is 0. The second-order valence-electron chi connectivity index (χ2n) is 2.31. The minimum atomic E-state index is -0.374. The standard InChI is InChI=1S/C8H5N3O/c12-8-7(9-11-10-8)6-4-2-1-3-5-6/h1-5H. The Balaban J connectivity index is 2.40. The van der Waals surface area contributed by atoms with Gasteiger partial charge < -0.3 is 0 Å². The van der Waals surface area contributed by atoms with Crippen LogP contribution in [0.1, 0.15) is 5.56 Å². The molecular formula is C8H5N3O. The lowest BCUT2D eigenvalue weighted by molar-refractivity contribution is -0.111. The van der Waals surface area contributed by atoms with Gasteiger partial charge in [0.25, 0.3) is 0 Å². The summed E-state index contributed by atoms with van der Waals surface area (Å²) in [5, 5.41) is 10.2. The third-order valence-corrected chi connectivity index (χ3v) is 1.53. The van der Waals surface area contributed by atoms with Crippen LogP contribution in [0, 0.1) is 0 Å². The van der Waals surface area contributed by atoms with Crippen LogP contribution in [0.5, 0.6) is 0 Å². The summed E-state index contributed by atoms with van der Waals surface area (Å²) in [7, 11) is 0. The lowest BCUT2D eigenvalue weighted by Crippen LogP contribution is -2.08. The monoisotopic (exact) mass is 159 g/mol. The van der Waals surface area contributed by atoms with E-state index < -0.39 is 0 Å². The quantitative estimate of drug-likeness (QED) is 0.610. The van der Waals surface area contributed by atoms with Gasteiger partial charge in [0.2, 0.25) is 0 Å². The Morgan fingerprint density at radius 1 is 1.08 bits per heavy atom. The molecule has 0 unspecified atom stereocenters. The van der Waals surface area contributed by atoms with E-state index in [4.69, 9.17) is 0 Å². The van der Waals surface area contributed by atoms with Crippen LogP contribution >= 0.6 is 0 Å². The van der Waals surface area contributed by atoms with Crippen molar-refractivity contribution in [3.8, 4) is 0 Å². The molecule has 0 saturated heterocycles. The summed E-state index contributed by atoms with van der Waals surface area (Å²) in [6.07, 6.45) is 0. The summed E-state index contributed by atoms with van der Waals surface area (Å²) in [5.74, 6) is -0.374. The largest absolute Gasteiger partial charge is 0.318 e. The zero-order valence-corrected chi connectivity index (χ0v) is 6.14. The van der Waals surface area contributed by atoms with E-state index in [1.165, 1.54) is 0 Å². The molecule has 0 radical (unpaired) electrons. The number of carbonyl (C=O) groups is 1. The van der Waals surface area contributed by atoms with Gasteiger partial charge in [0.15, 0.2) is 5.71 Å². The van der Waals surface area contributed by atoms with Gasteiger partial charge in [-0.2, -0.15) is 0 Å². The van der Waals surface area contributed by atoms with E-state index in [1.807, 2.05) is 18.2 Å². The van der Waals surface area contributed by atoms with Crippen LogP contribution in [0.2, 0.25) is 0 Å². The first-order chi connectivity index (χ1) is 5.88. The summed E-state index contributed by atoms with van der Waals surface area (Å²) >= 11 is 0. The average Bonchev–Trinajstić information content (AvgIpc) is 2.53. The number of rotatable bonds is 1. The van der Waals surface area contributed by atoms with Crippen molar-refractivity contribution >= 4 is 11.6 Å². The van der Waals surface area contributed by atoms with Crippen molar-refractivity contribution in [3.63, 3.8) is 0 Å². The molecule has 12 heavy (non-hydrogen) atoms. The molecule has 1 aliphatic rings. The molecule has 4 heteroatoms. The lowest BCUT2D eigenvalue weighted by Gasteiger charge is -1.93. The molecule has 1 aromatic rings. The molecular weight excluding hydrogens is 154 g/mol. The predicted molar refractivity (Wildman–Crippen MR) is 42.8 cm³/mol. The first-order valence-corrected chi connectivity index (χ1v) is 3.46. The first-order valence-electron chi connectivity index (χ1n) is 3.46. The first kappa shape index (κ1) is 6.84. The highest BCUT2D eigenvalue weighted by Crippen LogP contribution is 2.07. The molecule has 0 fully saturated rings. The lowest BCUT2D eigenvalue weighted by atomic mass is 10.1. The van der Waals surface area contributed by atoms with Crippen molar-refractivity contribution in [3.05, 3.63) is 35.9 Å². The number of nitrogens with zero attached hydrogens (tertiary/aromatic N) is 3. The highest BCUT2D eigenvalue weighted by Gasteiger charge is 2.16. The Labute approximate surface area is 68.6 Å². The van der Waals surface area contributed by atoms with E-state index in [2.05, 4.69) is 15.4 Å². The molecule has 0 saturated carbocycles. The van der Waals surface area contributed by atoms with Crippen LogP contribution in [0.25, 0.3) is 0 Å². The molecule has 0 N–H and O–H groups in total. The van der Waals surface area contributed by atoms with Crippen LogP contribution in [-0.2, 0) is 4.79 Å². The summed E-state index contributed by atoms with van der Waals surface area (Å²) in [5.41, 5.74) is 1.07. The fourth-order valence-corrected chi connectivity index (χ4v) is 0.975. The van der Waals surface area contributed by atoms with Crippen molar-refractivity contribution < 1.29 is 4.79 Å². The Kier molecular flexibility index (Phi) is 1.51. The number of hydrogen-bond donors (Lipinski definition) is 0. The molecule has 1 amide bonds. The summed E-state index contributed by atoms with van der Waals surface area (Å²) in [6, 6.07) is 9.14. The van der Waals surface area contributed by atoms with Crippen LogP contribution in [0.4, 0.5) is 0 Å². The second-order valence-corrected chi connectivity index (χ2v) is 2.31. The van der Waals surface area contributed by atoms with Gasteiger partial charge in [0.05, 0.1) is 0 Å². The van der Waals surface area contributed by atoms with Gasteiger partial charge in [-0.25, -0.2) is 0 Å². The number of carbonyl (C=O) groups excluding carboxylic acids is 1. The van der Waals surface area contributed by atoms with Gasteiger partial charge in [-0.05, 0) is 5.22 Å². The van der Waals surface area contributed by atoms with Crippen molar-refractivity contribution in [1.29, 1.82) is 0 Å². The maximum atomic E-state index is 11.0. The second kappa shape index (κ2) is 2.65. The maximum Gasteiger partial charge on any atom is 0.318 e. The number of benzene rings is 1. The fraction of sp³-hybridized carbons (Fsp3) is 0.